The van der Waals surface area contributed by atoms with Crippen LogP contribution in [0.3, 0.4) is 0 Å². The van der Waals surface area contributed by atoms with E-state index < -0.39 is 18.0 Å². The van der Waals surface area contributed by atoms with Crippen LogP contribution in [0.1, 0.15) is 33.3 Å². The number of rotatable bonds is 6. The topological polar surface area (TPSA) is 77.5 Å². The molecule has 0 aliphatic carbocycles. The number of anilines is 1. The number of halogens is 1. The molecule has 1 heterocycles. The van der Waals surface area contributed by atoms with Crippen molar-refractivity contribution in [2.45, 2.75) is 39.2 Å². The summed E-state index contributed by atoms with van der Waals surface area (Å²) in [7, 11) is 0. The fourth-order valence-corrected chi connectivity index (χ4v) is 2.27. The van der Waals surface area contributed by atoms with Crippen LogP contribution in [0.15, 0.2) is 42.6 Å². The molecule has 2 rings (SSSR count). The van der Waals surface area contributed by atoms with Gasteiger partial charge in [-0.2, -0.15) is 0 Å². The van der Waals surface area contributed by atoms with Crippen molar-refractivity contribution in [3.05, 3.63) is 53.2 Å². The molecule has 1 aromatic heterocycles. The van der Waals surface area contributed by atoms with Crippen LogP contribution in [-0.2, 0) is 19.7 Å². The molecule has 1 amide bonds. The maximum atomic E-state index is 12.0. The second kappa shape index (κ2) is 8.86. The summed E-state index contributed by atoms with van der Waals surface area (Å²) in [5.74, 6) is -0.251. The summed E-state index contributed by atoms with van der Waals surface area (Å²) in [6, 6.07) is 10.7. The molecule has 0 radical (unpaired) electrons. The molecule has 7 heteroatoms. The van der Waals surface area contributed by atoms with Gasteiger partial charge in [-0.3, -0.25) is 4.79 Å². The Hall–Kier alpha value is -2.60. The number of carbonyl (C=O) groups excluding carboxylic acids is 2. The van der Waals surface area contributed by atoms with Crippen molar-refractivity contribution in [1.29, 1.82) is 0 Å². The highest BCUT2D eigenvalue weighted by atomic mass is 35.5. The van der Waals surface area contributed by atoms with Crippen LogP contribution in [-0.4, -0.2) is 29.6 Å². The van der Waals surface area contributed by atoms with E-state index in [0.717, 1.165) is 0 Å². The number of pyridine rings is 1. The van der Waals surface area contributed by atoms with Crippen molar-refractivity contribution in [2.75, 3.05) is 11.9 Å². The van der Waals surface area contributed by atoms with Gasteiger partial charge in [-0.25, -0.2) is 9.78 Å². The summed E-state index contributed by atoms with van der Waals surface area (Å²) in [5.41, 5.74) is 1.21. The van der Waals surface area contributed by atoms with Gasteiger partial charge in [0.05, 0.1) is 5.02 Å². The first-order valence-corrected chi connectivity index (χ1v) is 8.88. The number of hydrogen-bond acceptors (Lipinski definition) is 5. The summed E-state index contributed by atoms with van der Waals surface area (Å²) in [6.07, 6.45) is 0.425. The monoisotopic (exact) mass is 390 g/mol. The molecule has 0 saturated carbocycles. The predicted octanol–water partition coefficient (Wildman–Crippen LogP) is 3.98. The Kier molecular flexibility index (Phi) is 6.80. The number of amides is 1. The number of carbonyl (C=O) groups is 2. The molecule has 0 aliphatic rings. The van der Waals surface area contributed by atoms with E-state index in [1.807, 2.05) is 12.1 Å². The molecule has 27 heavy (non-hydrogen) atoms. The quantitative estimate of drug-likeness (QED) is 0.755. The standard InChI is InChI=1S/C20H23ClN2O4/c1-13(19(25)23-17-10-7-15(21)11-22-17)27-18(24)12-26-16-8-5-14(6-9-16)20(2,3)4/h5-11,13H,12H2,1-4H3,(H,22,23,25). The Morgan fingerprint density at radius 1 is 1.15 bits per heavy atom. The van der Waals surface area contributed by atoms with E-state index in [9.17, 15) is 9.59 Å². The molecule has 1 aromatic carbocycles. The van der Waals surface area contributed by atoms with Gasteiger partial charge < -0.3 is 14.8 Å². The molecule has 1 atom stereocenters. The van der Waals surface area contributed by atoms with E-state index in [4.69, 9.17) is 21.1 Å². The van der Waals surface area contributed by atoms with E-state index in [2.05, 4.69) is 31.1 Å². The lowest BCUT2D eigenvalue weighted by Gasteiger charge is -2.19. The number of benzene rings is 1. The second-order valence-corrected chi connectivity index (χ2v) is 7.48. The van der Waals surface area contributed by atoms with Crippen LogP contribution in [0.4, 0.5) is 5.82 Å². The van der Waals surface area contributed by atoms with Gasteiger partial charge in [0, 0.05) is 6.20 Å². The average molecular weight is 391 g/mol. The van der Waals surface area contributed by atoms with Crippen molar-refractivity contribution in [2.24, 2.45) is 0 Å². The predicted molar refractivity (Wildman–Crippen MR) is 104 cm³/mol. The Morgan fingerprint density at radius 2 is 1.81 bits per heavy atom. The number of esters is 1. The number of nitrogens with zero attached hydrogens (tertiary/aromatic N) is 1. The normalized spacial score (nSPS) is 12.2. The summed E-state index contributed by atoms with van der Waals surface area (Å²) >= 11 is 5.74. The minimum atomic E-state index is -0.984. The van der Waals surface area contributed by atoms with E-state index in [1.165, 1.54) is 18.7 Å². The average Bonchev–Trinajstić information content (AvgIpc) is 2.61. The van der Waals surface area contributed by atoms with Crippen molar-refractivity contribution < 1.29 is 19.1 Å². The number of nitrogens with one attached hydrogen (secondary N) is 1. The van der Waals surface area contributed by atoms with Gasteiger partial charge in [0.15, 0.2) is 12.7 Å². The highest BCUT2D eigenvalue weighted by Crippen LogP contribution is 2.24. The summed E-state index contributed by atoms with van der Waals surface area (Å²) in [4.78, 5) is 27.9. The molecule has 1 unspecified atom stereocenters. The van der Waals surface area contributed by atoms with E-state index >= 15 is 0 Å². The summed E-state index contributed by atoms with van der Waals surface area (Å²) < 4.78 is 10.5. The lowest BCUT2D eigenvalue weighted by molar-refractivity contribution is -0.155. The van der Waals surface area contributed by atoms with E-state index in [-0.39, 0.29) is 12.0 Å². The van der Waals surface area contributed by atoms with Gasteiger partial charge in [0.2, 0.25) is 0 Å². The molecular weight excluding hydrogens is 368 g/mol. The Morgan fingerprint density at radius 3 is 2.37 bits per heavy atom. The van der Waals surface area contributed by atoms with Gasteiger partial charge in [-0.15, -0.1) is 0 Å². The molecule has 144 valence electrons. The minimum Gasteiger partial charge on any atom is -0.482 e. The lowest BCUT2D eigenvalue weighted by Crippen LogP contribution is -2.31. The highest BCUT2D eigenvalue weighted by Gasteiger charge is 2.19. The smallest absolute Gasteiger partial charge is 0.344 e. The molecule has 0 saturated heterocycles. The molecule has 6 nitrogen and oxygen atoms in total. The number of hydrogen-bond donors (Lipinski definition) is 1. The Labute approximate surface area is 163 Å². The lowest BCUT2D eigenvalue weighted by atomic mass is 9.87. The fraction of sp³-hybridized carbons (Fsp3) is 0.350. The van der Waals surface area contributed by atoms with Crippen molar-refractivity contribution in [3.8, 4) is 5.75 Å². The van der Waals surface area contributed by atoms with Crippen LogP contribution in [0.25, 0.3) is 0 Å². The van der Waals surface area contributed by atoms with Gasteiger partial charge >= 0.3 is 5.97 Å². The molecule has 1 N–H and O–H groups in total. The first-order chi connectivity index (χ1) is 12.6. The summed E-state index contributed by atoms with van der Waals surface area (Å²) in [6.45, 7) is 7.54. The van der Waals surface area contributed by atoms with E-state index in [1.54, 1.807) is 24.3 Å². The Bertz CT molecular complexity index is 783. The maximum absolute atomic E-state index is 12.0. The number of aromatic nitrogens is 1. The van der Waals surface area contributed by atoms with Crippen molar-refractivity contribution in [3.63, 3.8) is 0 Å². The van der Waals surface area contributed by atoms with Gasteiger partial charge in [-0.1, -0.05) is 44.5 Å². The molecular formula is C20H23ClN2O4. The first kappa shape index (κ1) is 20.7. The molecule has 0 aliphatic heterocycles. The Balaban J connectivity index is 1.80. The second-order valence-electron chi connectivity index (χ2n) is 7.05. The SMILES string of the molecule is CC(OC(=O)COc1ccc(C(C)(C)C)cc1)C(=O)Nc1ccc(Cl)cn1. The van der Waals surface area contributed by atoms with Gasteiger partial charge in [0.25, 0.3) is 5.91 Å². The number of ether oxygens (including phenoxy) is 2. The zero-order valence-corrected chi connectivity index (χ0v) is 16.5. The third-order valence-corrected chi connectivity index (χ3v) is 3.96. The van der Waals surface area contributed by atoms with Gasteiger partial charge in [-0.05, 0) is 42.2 Å². The van der Waals surface area contributed by atoms with Crippen molar-refractivity contribution >= 4 is 29.3 Å². The van der Waals surface area contributed by atoms with Crippen LogP contribution < -0.4 is 10.1 Å². The first-order valence-electron chi connectivity index (χ1n) is 8.50. The molecule has 0 fully saturated rings. The van der Waals surface area contributed by atoms with Gasteiger partial charge in [0.1, 0.15) is 11.6 Å². The summed E-state index contributed by atoms with van der Waals surface area (Å²) in [5, 5.41) is 3.00. The maximum Gasteiger partial charge on any atom is 0.344 e. The zero-order valence-electron chi connectivity index (χ0n) is 15.8. The molecule has 0 bridgehead atoms. The zero-order chi connectivity index (χ0) is 20.0. The molecule has 2 aromatic rings. The third-order valence-electron chi connectivity index (χ3n) is 3.73. The molecule has 0 spiro atoms. The highest BCUT2D eigenvalue weighted by molar-refractivity contribution is 6.30. The van der Waals surface area contributed by atoms with Crippen LogP contribution in [0.5, 0.6) is 5.75 Å². The minimum absolute atomic E-state index is 0.0409. The van der Waals surface area contributed by atoms with Crippen LogP contribution in [0, 0.1) is 0 Å². The van der Waals surface area contributed by atoms with Crippen LogP contribution in [0.2, 0.25) is 5.02 Å². The van der Waals surface area contributed by atoms with E-state index in [0.29, 0.717) is 16.6 Å². The van der Waals surface area contributed by atoms with Crippen molar-refractivity contribution in [1.82, 2.24) is 4.98 Å². The largest absolute Gasteiger partial charge is 0.482 e. The third kappa shape index (κ3) is 6.57. The fourth-order valence-electron chi connectivity index (χ4n) is 2.16. The van der Waals surface area contributed by atoms with Crippen LogP contribution >= 0.6 is 11.6 Å².